The molecule has 1 heterocycles. The summed E-state index contributed by atoms with van der Waals surface area (Å²) in [4.78, 5) is 16.2. The van der Waals surface area contributed by atoms with Gasteiger partial charge in [0.15, 0.2) is 0 Å². The smallest absolute Gasteiger partial charge is 0.301 e. The van der Waals surface area contributed by atoms with Gasteiger partial charge in [-0.25, -0.2) is 0 Å². The summed E-state index contributed by atoms with van der Waals surface area (Å²) in [7, 11) is 0. The summed E-state index contributed by atoms with van der Waals surface area (Å²) in [6, 6.07) is 2.32. The van der Waals surface area contributed by atoms with Gasteiger partial charge in [0, 0.05) is 0 Å². The fraction of sp³-hybridized carbons (Fsp3) is 0.615. The summed E-state index contributed by atoms with van der Waals surface area (Å²) >= 11 is 0. The Balaban J connectivity index is 2.85. The minimum absolute atomic E-state index is 0.157. The van der Waals surface area contributed by atoms with Gasteiger partial charge in [0.25, 0.3) is 0 Å². The highest BCUT2D eigenvalue weighted by molar-refractivity contribution is 5.95. The molecule has 0 saturated heterocycles. The Morgan fingerprint density at radius 3 is 2.50 bits per heavy atom. The molecule has 0 spiro atoms. The zero-order valence-corrected chi connectivity index (χ0v) is 11.1. The molecule has 1 amide bonds. The van der Waals surface area contributed by atoms with Crippen molar-refractivity contribution in [1.82, 2.24) is 4.98 Å². The summed E-state index contributed by atoms with van der Waals surface area (Å²) in [5.41, 5.74) is -0.287. The van der Waals surface area contributed by atoms with Crippen LogP contribution in [-0.2, 0) is 4.79 Å². The highest BCUT2D eigenvalue weighted by Gasteiger charge is 2.37. The number of hydrogen-bond acceptors (Lipinski definition) is 4. The van der Waals surface area contributed by atoms with Gasteiger partial charge in [0.2, 0.25) is 5.91 Å². The van der Waals surface area contributed by atoms with Crippen LogP contribution in [0.4, 0.5) is 6.01 Å². The second kappa shape index (κ2) is 6.20. The standard InChI is InChI=1S/C13H19N3O2/c1-4-6-13(9-14,7-5-2)11(17)16-12-15-10(3)8-18-12/h8H,4-7H2,1-3H3,(H,15,16,17). The van der Waals surface area contributed by atoms with Gasteiger partial charge in [0.1, 0.15) is 11.7 Å². The number of aryl methyl sites for hydroxylation is 1. The van der Waals surface area contributed by atoms with Crippen LogP contribution < -0.4 is 5.32 Å². The van der Waals surface area contributed by atoms with E-state index >= 15 is 0 Å². The lowest BCUT2D eigenvalue weighted by atomic mass is 9.80. The number of nitrogens with zero attached hydrogens (tertiary/aromatic N) is 2. The lowest BCUT2D eigenvalue weighted by Gasteiger charge is -2.23. The van der Waals surface area contributed by atoms with Gasteiger partial charge in [-0.1, -0.05) is 26.7 Å². The maximum atomic E-state index is 12.2. The summed E-state index contributed by atoms with van der Waals surface area (Å²) < 4.78 is 5.08. The van der Waals surface area contributed by atoms with Crippen molar-refractivity contribution >= 4 is 11.9 Å². The number of amides is 1. The number of carbonyl (C=O) groups is 1. The first-order valence-corrected chi connectivity index (χ1v) is 6.22. The molecule has 1 rings (SSSR count). The molecular formula is C13H19N3O2. The van der Waals surface area contributed by atoms with Gasteiger partial charge in [-0.3, -0.25) is 10.1 Å². The number of rotatable bonds is 6. The van der Waals surface area contributed by atoms with E-state index in [1.807, 2.05) is 13.8 Å². The molecule has 1 aromatic rings. The molecule has 0 unspecified atom stereocenters. The van der Waals surface area contributed by atoms with E-state index in [1.165, 1.54) is 6.26 Å². The number of hydrogen-bond donors (Lipinski definition) is 1. The van der Waals surface area contributed by atoms with E-state index in [0.29, 0.717) is 18.5 Å². The number of aromatic nitrogens is 1. The molecular weight excluding hydrogens is 230 g/mol. The minimum Gasteiger partial charge on any atom is -0.432 e. The maximum Gasteiger partial charge on any atom is 0.301 e. The van der Waals surface area contributed by atoms with E-state index in [2.05, 4.69) is 16.4 Å². The van der Waals surface area contributed by atoms with E-state index in [4.69, 9.17) is 4.42 Å². The Morgan fingerprint density at radius 1 is 1.50 bits per heavy atom. The van der Waals surface area contributed by atoms with Crippen LogP contribution in [0.2, 0.25) is 0 Å². The van der Waals surface area contributed by atoms with Crippen LogP contribution in [0.5, 0.6) is 0 Å². The Bertz CT molecular complexity index is 439. The molecule has 0 radical (unpaired) electrons. The highest BCUT2D eigenvalue weighted by Crippen LogP contribution is 2.30. The largest absolute Gasteiger partial charge is 0.432 e. The van der Waals surface area contributed by atoms with Crippen molar-refractivity contribution in [2.75, 3.05) is 5.32 Å². The first kappa shape index (κ1) is 14.2. The van der Waals surface area contributed by atoms with Gasteiger partial charge in [0.05, 0.1) is 11.8 Å². The molecule has 0 fully saturated rings. The monoisotopic (exact) mass is 249 g/mol. The fourth-order valence-corrected chi connectivity index (χ4v) is 2.00. The summed E-state index contributed by atoms with van der Waals surface area (Å²) in [5, 5.41) is 11.9. The fourth-order valence-electron chi connectivity index (χ4n) is 2.00. The van der Waals surface area contributed by atoms with Crippen molar-refractivity contribution in [3.63, 3.8) is 0 Å². The predicted molar refractivity (Wildman–Crippen MR) is 67.7 cm³/mol. The molecule has 0 aliphatic rings. The molecule has 0 bridgehead atoms. The molecule has 0 aliphatic heterocycles. The third kappa shape index (κ3) is 3.10. The first-order valence-electron chi connectivity index (χ1n) is 6.22. The third-order valence-electron chi connectivity index (χ3n) is 2.84. The van der Waals surface area contributed by atoms with Crippen LogP contribution in [0.15, 0.2) is 10.7 Å². The molecule has 5 nitrogen and oxygen atoms in total. The Morgan fingerprint density at radius 2 is 2.11 bits per heavy atom. The second-order valence-corrected chi connectivity index (χ2v) is 4.44. The molecule has 98 valence electrons. The van der Waals surface area contributed by atoms with Crippen molar-refractivity contribution in [3.8, 4) is 6.07 Å². The van der Waals surface area contributed by atoms with Crippen LogP contribution in [-0.4, -0.2) is 10.9 Å². The third-order valence-corrected chi connectivity index (χ3v) is 2.84. The second-order valence-electron chi connectivity index (χ2n) is 4.44. The lowest BCUT2D eigenvalue weighted by molar-refractivity contribution is -0.123. The molecule has 0 atom stereocenters. The Kier molecular flexibility index (Phi) is 4.90. The van der Waals surface area contributed by atoms with Crippen molar-refractivity contribution in [1.29, 1.82) is 5.26 Å². The van der Waals surface area contributed by atoms with Crippen molar-refractivity contribution in [3.05, 3.63) is 12.0 Å². The molecule has 1 aromatic heterocycles. The number of anilines is 1. The minimum atomic E-state index is -0.980. The zero-order valence-electron chi connectivity index (χ0n) is 11.1. The van der Waals surface area contributed by atoms with Crippen LogP contribution in [0.25, 0.3) is 0 Å². The zero-order chi connectivity index (χ0) is 13.6. The number of oxazole rings is 1. The van der Waals surface area contributed by atoms with E-state index in [1.54, 1.807) is 6.92 Å². The van der Waals surface area contributed by atoms with Gasteiger partial charge in [-0.05, 0) is 19.8 Å². The Labute approximate surface area is 107 Å². The quantitative estimate of drug-likeness (QED) is 0.840. The molecule has 0 aliphatic carbocycles. The SMILES string of the molecule is CCCC(C#N)(CCC)C(=O)Nc1nc(C)co1. The molecule has 1 N–H and O–H groups in total. The van der Waals surface area contributed by atoms with E-state index in [-0.39, 0.29) is 11.9 Å². The maximum absolute atomic E-state index is 12.2. The molecule has 5 heteroatoms. The van der Waals surface area contributed by atoms with Crippen LogP contribution in [0.1, 0.15) is 45.2 Å². The molecule has 18 heavy (non-hydrogen) atoms. The van der Waals surface area contributed by atoms with E-state index in [9.17, 15) is 10.1 Å². The van der Waals surface area contributed by atoms with Gasteiger partial charge in [-0.15, -0.1) is 0 Å². The van der Waals surface area contributed by atoms with Gasteiger partial charge >= 0.3 is 6.01 Å². The molecule has 0 saturated carbocycles. The van der Waals surface area contributed by atoms with Crippen molar-refractivity contribution in [2.24, 2.45) is 5.41 Å². The van der Waals surface area contributed by atoms with Crippen LogP contribution in [0, 0.1) is 23.7 Å². The van der Waals surface area contributed by atoms with E-state index < -0.39 is 5.41 Å². The summed E-state index contributed by atoms with van der Waals surface area (Å²) in [6.45, 7) is 5.70. The molecule has 0 aromatic carbocycles. The van der Waals surface area contributed by atoms with Crippen molar-refractivity contribution < 1.29 is 9.21 Å². The normalized spacial score (nSPS) is 11.0. The average molecular weight is 249 g/mol. The lowest BCUT2D eigenvalue weighted by Crippen LogP contribution is -2.35. The number of carbonyl (C=O) groups excluding carboxylic acids is 1. The Hall–Kier alpha value is -1.83. The summed E-state index contributed by atoms with van der Waals surface area (Å²) in [5.74, 6) is -0.324. The van der Waals surface area contributed by atoms with Crippen LogP contribution >= 0.6 is 0 Å². The van der Waals surface area contributed by atoms with Crippen LogP contribution in [0.3, 0.4) is 0 Å². The van der Waals surface area contributed by atoms with Gasteiger partial charge < -0.3 is 4.42 Å². The van der Waals surface area contributed by atoms with Crippen molar-refractivity contribution in [2.45, 2.75) is 46.5 Å². The summed E-state index contributed by atoms with van der Waals surface area (Å²) in [6.07, 6.45) is 4.12. The highest BCUT2D eigenvalue weighted by atomic mass is 16.4. The predicted octanol–water partition coefficient (Wildman–Crippen LogP) is 3.03. The first-order chi connectivity index (χ1) is 8.57. The number of nitrogens with one attached hydrogen (secondary N) is 1. The van der Waals surface area contributed by atoms with E-state index in [0.717, 1.165) is 12.8 Å². The van der Waals surface area contributed by atoms with Gasteiger partial charge in [-0.2, -0.15) is 10.2 Å². The topological polar surface area (TPSA) is 78.9 Å². The number of nitriles is 1. The average Bonchev–Trinajstić information content (AvgIpc) is 2.74.